The van der Waals surface area contributed by atoms with Gasteiger partial charge in [-0.15, -0.1) is 0 Å². The van der Waals surface area contributed by atoms with Gasteiger partial charge in [0.15, 0.2) is 0 Å². The van der Waals surface area contributed by atoms with Crippen LogP contribution in [0, 0.1) is 0 Å². The summed E-state index contributed by atoms with van der Waals surface area (Å²) in [4.78, 5) is 0. The van der Waals surface area contributed by atoms with Gasteiger partial charge in [-0.05, 0) is 18.2 Å². The molecule has 0 aliphatic heterocycles. The molecule has 74 valence electrons. The first-order valence-corrected chi connectivity index (χ1v) is 5.09. The number of fused-ring (bicyclic) bond motifs is 1. The van der Waals surface area contributed by atoms with Crippen molar-refractivity contribution in [3.05, 3.63) is 22.7 Å². The van der Waals surface area contributed by atoms with Gasteiger partial charge in [-0.1, -0.05) is 21.1 Å². The predicted molar refractivity (Wildman–Crippen MR) is 59.3 cm³/mol. The molecule has 1 aromatic heterocycles. The summed E-state index contributed by atoms with van der Waals surface area (Å²) in [5.74, 6) is 0.673. The summed E-state index contributed by atoms with van der Waals surface area (Å²) >= 11 is 3.40. The molecule has 0 atom stereocenters. The largest absolute Gasteiger partial charge is 0.352 e. The monoisotopic (exact) mass is 255 g/mol. The van der Waals surface area contributed by atoms with Crippen LogP contribution in [0.15, 0.2) is 27.2 Å². The van der Waals surface area contributed by atoms with Crippen LogP contribution in [0.1, 0.15) is 0 Å². The lowest BCUT2D eigenvalue weighted by Crippen LogP contribution is -2.12. The van der Waals surface area contributed by atoms with Crippen molar-refractivity contribution < 1.29 is 4.52 Å². The summed E-state index contributed by atoms with van der Waals surface area (Å²) in [6, 6.07) is 5.79. The van der Waals surface area contributed by atoms with Crippen molar-refractivity contribution >= 4 is 32.7 Å². The maximum Gasteiger partial charge on any atom is 0.232 e. The Balaban J connectivity index is 2.40. The van der Waals surface area contributed by atoms with E-state index < -0.39 is 0 Å². The molecule has 0 aliphatic carbocycles. The second-order valence-corrected chi connectivity index (χ2v) is 3.80. The summed E-state index contributed by atoms with van der Waals surface area (Å²) in [5, 5.41) is 7.95. The molecule has 3 N–H and O–H groups in total. The van der Waals surface area contributed by atoms with Crippen LogP contribution >= 0.6 is 15.9 Å². The Hall–Kier alpha value is -1.07. The highest BCUT2D eigenvalue weighted by atomic mass is 79.9. The van der Waals surface area contributed by atoms with Crippen molar-refractivity contribution in [2.75, 3.05) is 18.4 Å². The molecule has 14 heavy (non-hydrogen) atoms. The fraction of sp³-hybridized carbons (Fsp3) is 0.222. The van der Waals surface area contributed by atoms with Crippen LogP contribution in [0.3, 0.4) is 0 Å². The lowest BCUT2D eigenvalue weighted by atomic mass is 10.2. The smallest absolute Gasteiger partial charge is 0.232 e. The number of nitrogens with zero attached hydrogens (tertiary/aromatic N) is 1. The zero-order chi connectivity index (χ0) is 9.97. The van der Waals surface area contributed by atoms with Crippen molar-refractivity contribution in [1.29, 1.82) is 0 Å². The second kappa shape index (κ2) is 3.98. The molecular weight excluding hydrogens is 246 g/mol. The minimum absolute atomic E-state index is 0.566. The van der Waals surface area contributed by atoms with E-state index in [1.807, 2.05) is 18.2 Å². The number of anilines is 1. The molecule has 0 aliphatic rings. The standard InChI is InChI=1S/C9H10BrN3O/c10-6-1-2-8-7(5-6)9(14-13-8)12-4-3-11/h1-2,5,12H,3-4,11H2. The first kappa shape index (κ1) is 9.48. The third-order valence-corrected chi connectivity index (χ3v) is 2.36. The number of halogens is 1. The van der Waals surface area contributed by atoms with Crippen LogP contribution in [0.5, 0.6) is 0 Å². The SMILES string of the molecule is NCCNc1onc2ccc(Br)cc12. The highest BCUT2D eigenvalue weighted by molar-refractivity contribution is 9.10. The third kappa shape index (κ3) is 1.73. The minimum atomic E-state index is 0.566. The van der Waals surface area contributed by atoms with E-state index in [4.69, 9.17) is 10.3 Å². The summed E-state index contributed by atoms with van der Waals surface area (Å²) in [6.45, 7) is 1.24. The zero-order valence-corrected chi connectivity index (χ0v) is 9.04. The molecule has 2 aromatic rings. The van der Waals surface area contributed by atoms with E-state index in [0.717, 1.165) is 15.4 Å². The number of hydrogen-bond donors (Lipinski definition) is 2. The third-order valence-electron chi connectivity index (χ3n) is 1.87. The van der Waals surface area contributed by atoms with Gasteiger partial charge in [-0.25, -0.2) is 0 Å². The summed E-state index contributed by atoms with van der Waals surface area (Å²) in [6.07, 6.45) is 0. The molecule has 0 spiro atoms. The van der Waals surface area contributed by atoms with E-state index in [2.05, 4.69) is 26.4 Å². The Bertz CT molecular complexity index is 441. The van der Waals surface area contributed by atoms with Crippen LogP contribution in [-0.4, -0.2) is 18.2 Å². The fourth-order valence-electron chi connectivity index (χ4n) is 1.23. The molecular formula is C9H10BrN3O. The first-order chi connectivity index (χ1) is 6.81. The Kier molecular flexibility index (Phi) is 2.69. The lowest BCUT2D eigenvalue weighted by Gasteiger charge is -1.98. The molecule has 0 fully saturated rings. The van der Waals surface area contributed by atoms with Gasteiger partial charge in [0.2, 0.25) is 5.88 Å². The topological polar surface area (TPSA) is 64.1 Å². The molecule has 1 aromatic carbocycles. The highest BCUT2D eigenvalue weighted by Crippen LogP contribution is 2.25. The number of hydrogen-bond acceptors (Lipinski definition) is 4. The number of nitrogens with two attached hydrogens (primary N) is 1. The average molecular weight is 256 g/mol. The van der Waals surface area contributed by atoms with Gasteiger partial charge in [-0.3, -0.25) is 0 Å². The van der Waals surface area contributed by atoms with Gasteiger partial charge < -0.3 is 15.6 Å². The van der Waals surface area contributed by atoms with E-state index in [1.54, 1.807) is 0 Å². The predicted octanol–water partition coefficient (Wildman–Crippen LogP) is 1.96. The van der Waals surface area contributed by atoms with Crippen molar-refractivity contribution in [3.63, 3.8) is 0 Å². The molecule has 4 nitrogen and oxygen atoms in total. The zero-order valence-electron chi connectivity index (χ0n) is 7.46. The second-order valence-electron chi connectivity index (χ2n) is 2.89. The van der Waals surface area contributed by atoms with Crippen LogP contribution < -0.4 is 11.1 Å². The van der Waals surface area contributed by atoms with Crippen LogP contribution in [-0.2, 0) is 0 Å². The summed E-state index contributed by atoms with van der Waals surface area (Å²) in [5.41, 5.74) is 6.23. The normalized spacial score (nSPS) is 10.7. The Labute approximate surface area is 89.6 Å². The van der Waals surface area contributed by atoms with Crippen molar-refractivity contribution in [1.82, 2.24) is 5.16 Å². The summed E-state index contributed by atoms with van der Waals surface area (Å²) in [7, 11) is 0. The molecule has 0 saturated carbocycles. The fourth-order valence-corrected chi connectivity index (χ4v) is 1.59. The quantitative estimate of drug-likeness (QED) is 0.881. The first-order valence-electron chi connectivity index (χ1n) is 4.30. The maximum atomic E-state index is 5.39. The van der Waals surface area contributed by atoms with Gasteiger partial charge in [-0.2, -0.15) is 0 Å². The van der Waals surface area contributed by atoms with Crippen LogP contribution in [0.2, 0.25) is 0 Å². The molecule has 0 radical (unpaired) electrons. The molecule has 0 unspecified atom stereocenters. The number of aromatic nitrogens is 1. The minimum Gasteiger partial charge on any atom is -0.352 e. The van der Waals surface area contributed by atoms with E-state index in [-0.39, 0.29) is 0 Å². The Morgan fingerprint density at radius 2 is 2.36 bits per heavy atom. The Morgan fingerprint density at radius 3 is 3.14 bits per heavy atom. The molecule has 2 rings (SSSR count). The highest BCUT2D eigenvalue weighted by Gasteiger charge is 2.06. The lowest BCUT2D eigenvalue weighted by molar-refractivity contribution is 0.441. The van der Waals surface area contributed by atoms with Gasteiger partial charge in [0.25, 0.3) is 0 Å². The number of benzene rings is 1. The van der Waals surface area contributed by atoms with Crippen LogP contribution in [0.25, 0.3) is 10.9 Å². The molecule has 5 heteroatoms. The van der Waals surface area contributed by atoms with E-state index in [1.165, 1.54) is 0 Å². The molecule has 0 amide bonds. The molecule has 0 bridgehead atoms. The number of nitrogens with one attached hydrogen (secondary N) is 1. The van der Waals surface area contributed by atoms with Gasteiger partial charge in [0.05, 0.1) is 5.39 Å². The Morgan fingerprint density at radius 1 is 1.50 bits per heavy atom. The average Bonchev–Trinajstić information content (AvgIpc) is 2.57. The maximum absolute atomic E-state index is 5.39. The van der Waals surface area contributed by atoms with E-state index in [9.17, 15) is 0 Å². The van der Waals surface area contributed by atoms with E-state index >= 15 is 0 Å². The number of rotatable bonds is 3. The van der Waals surface area contributed by atoms with Gasteiger partial charge in [0, 0.05) is 17.6 Å². The van der Waals surface area contributed by atoms with E-state index in [0.29, 0.717) is 19.0 Å². The van der Waals surface area contributed by atoms with Crippen molar-refractivity contribution in [2.24, 2.45) is 5.73 Å². The van der Waals surface area contributed by atoms with Gasteiger partial charge in [0.1, 0.15) is 5.52 Å². The van der Waals surface area contributed by atoms with Gasteiger partial charge >= 0.3 is 0 Å². The van der Waals surface area contributed by atoms with Crippen molar-refractivity contribution in [3.8, 4) is 0 Å². The van der Waals surface area contributed by atoms with Crippen molar-refractivity contribution in [2.45, 2.75) is 0 Å². The summed E-state index contributed by atoms with van der Waals surface area (Å²) < 4.78 is 6.14. The molecule has 0 saturated heterocycles. The van der Waals surface area contributed by atoms with Crippen LogP contribution in [0.4, 0.5) is 5.88 Å². The molecule has 1 heterocycles.